The van der Waals surface area contributed by atoms with E-state index in [1.54, 1.807) is 7.11 Å². The van der Waals surface area contributed by atoms with E-state index < -0.39 is 0 Å². The molecule has 1 unspecified atom stereocenters. The van der Waals surface area contributed by atoms with Crippen LogP contribution in [0.2, 0.25) is 0 Å². The van der Waals surface area contributed by atoms with Gasteiger partial charge in [0.1, 0.15) is 5.75 Å². The van der Waals surface area contributed by atoms with Gasteiger partial charge in [0.05, 0.1) is 7.11 Å². The maximum Gasteiger partial charge on any atom is 0.119 e. The van der Waals surface area contributed by atoms with Crippen molar-refractivity contribution in [3.05, 3.63) is 29.8 Å². The number of benzene rings is 1. The highest BCUT2D eigenvalue weighted by Crippen LogP contribution is 2.15. The van der Waals surface area contributed by atoms with Gasteiger partial charge in [0.2, 0.25) is 0 Å². The Morgan fingerprint density at radius 3 is 3.11 bits per heavy atom. The third-order valence-electron chi connectivity index (χ3n) is 3.56. The SMILES string of the molecule is COc1cccc(CN2CCCNC(C)CC2)c1. The van der Waals surface area contributed by atoms with Crippen molar-refractivity contribution in [2.24, 2.45) is 0 Å². The summed E-state index contributed by atoms with van der Waals surface area (Å²) in [5.74, 6) is 0.953. The molecular weight excluding hydrogens is 224 g/mol. The number of hydrogen-bond donors (Lipinski definition) is 1. The van der Waals surface area contributed by atoms with Crippen molar-refractivity contribution in [3.63, 3.8) is 0 Å². The second-order valence-electron chi connectivity index (χ2n) is 5.13. The highest BCUT2D eigenvalue weighted by atomic mass is 16.5. The summed E-state index contributed by atoms with van der Waals surface area (Å²) in [5, 5.41) is 3.54. The van der Waals surface area contributed by atoms with Gasteiger partial charge in [0, 0.05) is 12.6 Å². The highest BCUT2D eigenvalue weighted by Gasteiger charge is 2.12. The third kappa shape index (κ3) is 4.00. The second kappa shape index (κ2) is 6.76. The highest BCUT2D eigenvalue weighted by molar-refractivity contribution is 5.28. The van der Waals surface area contributed by atoms with E-state index in [1.165, 1.54) is 31.5 Å². The molecule has 0 aliphatic carbocycles. The Kier molecular flexibility index (Phi) is 5.02. The van der Waals surface area contributed by atoms with Crippen molar-refractivity contribution < 1.29 is 4.74 Å². The van der Waals surface area contributed by atoms with Gasteiger partial charge in [-0.15, -0.1) is 0 Å². The Hall–Kier alpha value is -1.06. The number of nitrogens with one attached hydrogen (secondary N) is 1. The first-order valence-corrected chi connectivity index (χ1v) is 6.86. The Labute approximate surface area is 110 Å². The van der Waals surface area contributed by atoms with Crippen LogP contribution in [0.5, 0.6) is 5.75 Å². The summed E-state index contributed by atoms with van der Waals surface area (Å²) in [6.45, 7) is 6.79. The van der Waals surface area contributed by atoms with E-state index in [9.17, 15) is 0 Å². The van der Waals surface area contributed by atoms with Gasteiger partial charge in [-0.2, -0.15) is 0 Å². The van der Waals surface area contributed by atoms with Crippen LogP contribution in [0.3, 0.4) is 0 Å². The smallest absolute Gasteiger partial charge is 0.119 e. The first-order valence-electron chi connectivity index (χ1n) is 6.86. The van der Waals surface area contributed by atoms with Crippen molar-refractivity contribution in [1.29, 1.82) is 0 Å². The molecular formula is C15H24N2O. The fourth-order valence-electron chi connectivity index (χ4n) is 2.43. The minimum atomic E-state index is 0.637. The lowest BCUT2D eigenvalue weighted by Crippen LogP contribution is -2.38. The normalized spacial score (nSPS) is 22.2. The average Bonchev–Trinajstić information content (AvgIpc) is 2.38. The van der Waals surface area contributed by atoms with Gasteiger partial charge >= 0.3 is 0 Å². The summed E-state index contributed by atoms with van der Waals surface area (Å²) in [6, 6.07) is 9.03. The van der Waals surface area contributed by atoms with Crippen LogP contribution in [0.25, 0.3) is 0 Å². The van der Waals surface area contributed by atoms with Crippen LogP contribution in [0.4, 0.5) is 0 Å². The van der Waals surface area contributed by atoms with E-state index in [0.717, 1.165) is 18.8 Å². The molecule has 18 heavy (non-hydrogen) atoms. The maximum absolute atomic E-state index is 5.28. The molecule has 1 heterocycles. The maximum atomic E-state index is 5.28. The minimum absolute atomic E-state index is 0.637. The van der Waals surface area contributed by atoms with Crippen molar-refractivity contribution >= 4 is 0 Å². The van der Waals surface area contributed by atoms with Crippen LogP contribution in [0.1, 0.15) is 25.3 Å². The molecule has 1 saturated heterocycles. The molecule has 1 N–H and O–H groups in total. The summed E-state index contributed by atoms with van der Waals surface area (Å²) in [5.41, 5.74) is 1.34. The van der Waals surface area contributed by atoms with Crippen LogP contribution in [-0.2, 0) is 6.54 Å². The standard InChI is InChI=1S/C15H24N2O/c1-13-7-10-17(9-4-8-16-13)12-14-5-3-6-15(11-14)18-2/h3,5-6,11,13,16H,4,7-10,12H2,1-2H3. The van der Waals surface area contributed by atoms with E-state index in [0.29, 0.717) is 6.04 Å². The molecule has 0 aromatic heterocycles. The molecule has 1 fully saturated rings. The topological polar surface area (TPSA) is 24.5 Å². The summed E-state index contributed by atoms with van der Waals surface area (Å²) >= 11 is 0. The van der Waals surface area contributed by atoms with Crippen LogP contribution < -0.4 is 10.1 Å². The molecule has 1 aromatic carbocycles. The van der Waals surface area contributed by atoms with E-state index in [1.807, 2.05) is 6.07 Å². The van der Waals surface area contributed by atoms with Gasteiger partial charge < -0.3 is 10.1 Å². The lowest BCUT2D eigenvalue weighted by atomic mass is 10.1. The van der Waals surface area contributed by atoms with Crippen LogP contribution in [0, 0.1) is 0 Å². The fourth-order valence-corrected chi connectivity index (χ4v) is 2.43. The third-order valence-corrected chi connectivity index (χ3v) is 3.56. The summed E-state index contributed by atoms with van der Waals surface area (Å²) < 4.78 is 5.28. The van der Waals surface area contributed by atoms with Crippen LogP contribution in [-0.4, -0.2) is 37.7 Å². The molecule has 0 amide bonds. The fraction of sp³-hybridized carbons (Fsp3) is 0.600. The van der Waals surface area contributed by atoms with Crippen molar-refractivity contribution in [2.45, 2.75) is 32.4 Å². The summed E-state index contributed by atoms with van der Waals surface area (Å²) in [7, 11) is 1.72. The molecule has 0 radical (unpaired) electrons. The molecule has 0 saturated carbocycles. The molecule has 3 nitrogen and oxygen atoms in total. The van der Waals surface area contributed by atoms with Gasteiger partial charge in [-0.05, 0) is 57.1 Å². The van der Waals surface area contributed by atoms with E-state index in [2.05, 4.69) is 35.3 Å². The van der Waals surface area contributed by atoms with Crippen molar-refractivity contribution in [3.8, 4) is 5.75 Å². The van der Waals surface area contributed by atoms with Crippen LogP contribution in [0.15, 0.2) is 24.3 Å². The molecule has 3 heteroatoms. The first-order chi connectivity index (χ1) is 8.78. The predicted octanol–water partition coefficient (Wildman–Crippen LogP) is 2.27. The molecule has 1 atom stereocenters. The Balaban J connectivity index is 1.93. The lowest BCUT2D eigenvalue weighted by Gasteiger charge is -2.27. The summed E-state index contributed by atoms with van der Waals surface area (Å²) in [6.07, 6.45) is 2.46. The number of rotatable bonds is 3. The monoisotopic (exact) mass is 248 g/mol. The summed E-state index contributed by atoms with van der Waals surface area (Å²) in [4.78, 5) is 2.55. The zero-order chi connectivity index (χ0) is 12.8. The van der Waals surface area contributed by atoms with Crippen molar-refractivity contribution in [2.75, 3.05) is 26.7 Å². The van der Waals surface area contributed by atoms with Crippen LogP contribution >= 0.6 is 0 Å². The molecule has 2 rings (SSSR count). The van der Waals surface area contributed by atoms with E-state index in [4.69, 9.17) is 4.74 Å². The largest absolute Gasteiger partial charge is 0.497 e. The zero-order valence-corrected chi connectivity index (χ0v) is 11.5. The van der Waals surface area contributed by atoms with Gasteiger partial charge in [-0.25, -0.2) is 0 Å². The Morgan fingerprint density at radius 1 is 1.39 bits per heavy atom. The quantitative estimate of drug-likeness (QED) is 0.888. The van der Waals surface area contributed by atoms with E-state index in [-0.39, 0.29) is 0 Å². The average molecular weight is 248 g/mol. The molecule has 1 aliphatic heterocycles. The van der Waals surface area contributed by atoms with Gasteiger partial charge in [0.15, 0.2) is 0 Å². The number of ether oxygens (including phenoxy) is 1. The molecule has 100 valence electrons. The molecule has 0 bridgehead atoms. The molecule has 0 spiro atoms. The first kappa shape index (κ1) is 13.4. The van der Waals surface area contributed by atoms with Gasteiger partial charge in [-0.1, -0.05) is 12.1 Å². The molecule has 1 aromatic rings. The van der Waals surface area contributed by atoms with Crippen molar-refractivity contribution in [1.82, 2.24) is 10.2 Å². The predicted molar refractivity (Wildman–Crippen MR) is 75.0 cm³/mol. The van der Waals surface area contributed by atoms with E-state index >= 15 is 0 Å². The molecule has 1 aliphatic rings. The Bertz CT molecular complexity index is 367. The minimum Gasteiger partial charge on any atom is -0.497 e. The zero-order valence-electron chi connectivity index (χ0n) is 11.5. The number of nitrogens with zero attached hydrogens (tertiary/aromatic N) is 1. The van der Waals surface area contributed by atoms with Gasteiger partial charge in [0.25, 0.3) is 0 Å². The number of hydrogen-bond acceptors (Lipinski definition) is 3. The van der Waals surface area contributed by atoms with Gasteiger partial charge in [-0.3, -0.25) is 4.90 Å². The second-order valence-corrected chi connectivity index (χ2v) is 5.13. The lowest BCUT2D eigenvalue weighted by molar-refractivity contribution is 0.229. The Morgan fingerprint density at radius 2 is 2.28 bits per heavy atom. The number of methoxy groups -OCH3 is 1.